The van der Waals surface area contributed by atoms with E-state index in [1.54, 1.807) is 39.0 Å². The predicted octanol–water partition coefficient (Wildman–Crippen LogP) is 1.83. The molecule has 0 aliphatic carbocycles. The van der Waals surface area contributed by atoms with Gasteiger partial charge in [-0.05, 0) is 26.8 Å². The SMILES string of the molecule is COc1cc(NC(=O)OC(C)(C)C)ccc1C1(O)CNC1. The van der Waals surface area contributed by atoms with Crippen LogP contribution in [0.3, 0.4) is 0 Å². The van der Waals surface area contributed by atoms with E-state index < -0.39 is 17.3 Å². The molecule has 0 saturated carbocycles. The fourth-order valence-corrected chi connectivity index (χ4v) is 2.13. The second kappa shape index (κ2) is 5.54. The summed E-state index contributed by atoms with van der Waals surface area (Å²) < 4.78 is 10.5. The normalized spacial score (nSPS) is 16.8. The summed E-state index contributed by atoms with van der Waals surface area (Å²) in [4.78, 5) is 11.7. The van der Waals surface area contributed by atoms with Gasteiger partial charge < -0.3 is 19.9 Å². The Balaban J connectivity index is 2.14. The van der Waals surface area contributed by atoms with Crippen LogP contribution in [0.5, 0.6) is 5.75 Å². The minimum Gasteiger partial charge on any atom is -0.496 e. The lowest BCUT2D eigenvalue weighted by Crippen LogP contribution is -2.56. The first kappa shape index (κ1) is 15.6. The summed E-state index contributed by atoms with van der Waals surface area (Å²) in [5.41, 5.74) is -0.198. The number of aliphatic hydroxyl groups is 1. The Morgan fingerprint density at radius 1 is 1.38 bits per heavy atom. The Labute approximate surface area is 124 Å². The van der Waals surface area contributed by atoms with E-state index in [4.69, 9.17) is 9.47 Å². The van der Waals surface area contributed by atoms with Crippen molar-refractivity contribution in [3.8, 4) is 5.75 Å². The molecule has 1 aromatic carbocycles. The van der Waals surface area contributed by atoms with Crippen molar-refractivity contribution in [1.29, 1.82) is 0 Å². The standard InChI is InChI=1S/C15H22N2O4/c1-14(2,3)21-13(18)17-10-5-6-11(12(7-10)20-4)15(19)8-16-9-15/h5-7,16,19H,8-9H2,1-4H3,(H,17,18). The van der Waals surface area contributed by atoms with E-state index in [2.05, 4.69) is 10.6 Å². The zero-order chi connectivity index (χ0) is 15.7. The number of carbonyl (C=O) groups is 1. The molecule has 0 bridgehead atoms. The van der Waals surface area contributed by atoms with Crippen molar-refractivity contribution in [1.82, 2.24) is 5.32 Å². The minimum atomic E-state index is -0.907. The third-order valence-electron chi connectivity index (χ3n) is 3.18. The lowest BCUT2D eigenvalue weighted by molar-refractivity contribution is -0.0164. The van der Waals surface area contributed by atoms with Crippen molar-refractivity contribution in [2.24, 2.45) is 0 Å². The Morgan fingerprint density at radius 3 is 2.52 bits per heavy atom. The van der Waals surface area contributed by atoms with Crippen LogP contribution in [0.25, 0.3) is 0 Å². The number of hydrogen-bond donors (Lipinski definition) is 3. The van der Waals surface area contributed by atoms with Gasteiger partial charge in [0.1, 0.15) is 17.0 Å². The summed E-state index contributed by atoms with van der Waals surface area (Å²) >= 11 is 0. The molecule has 3 N–H and O–H groups in total. The molecule has 0 spiro atoms. The third kappa shape index (κ3) is 3.65. The molecule has 6 nitrogen and oxygen atoms in total. The number of ether oxygens (including phenoxy) is 2. The van der Waals surface area contributed by atoms with Gasteiger partial charge in [0, 0.05) is 30.4 Å². The highest BCUT2D eigenvalue weighted by Gasteiger charge is 2.38. The van der Waals surface area contributed by atoms with Gasteiger partial charge >= 0.3 is 6.09 Å². The molecule has 0 atom stereocenters. The summed E-state index contributed by atoms with van der Waals surface area (Å²) in [6.45, 7) is 6.38. The van der Waals surface area contributed by atoms with Gasteiger partial charge in [-0.15, -0.1) is 0 Å². The first-order chi connectivity index (χ1) is 9.73. The fraction of sp³-hybridized carbons (Fsp3) is 0.533. The van der Waals surface area contributed by atoms with Gasteiger partial charge in [0.2, 0.25) is 0 Å². The molecule has 1 amide bonds. The van der Waals surface area contributed by atoms with E-state index in [1.807, 2.05) is 0 Å². The number of anilines is 1. The van der Waals surface area contributed by atoms with Crippen LogP contribution in [0.1, 0.15) is 26.3 Å². The lowest BCUT2D eigenvalue weighted by atomic mass is 9.87. The van der Waals surface area contributed by atoms with Gasteiger partial charge in [-0.2, -0.15) is 0 Å². The number of carbonyl (C=O) groups excluding carboxylic acids is 1. The molecule has 6 heteroatoms. The Kier molecular flexibility index (Phi) is 4.11. The second-order valence-corrected chi connectivity index (χ2v) is 6.18. The molecule has 21 heavy (non-hydrogen) atoms. The van der Waals surface area contributed by atoms with Gasteiger partial charge in [-0.1, -0.05) is 6.07 Å². The van der Waals surface area contributed by atoms with Crippen LogP contribution in [0.4, 0.5) is 10.5 Å². The van der Waals surface area contributed by atoms with Gasteiger partial charge in [-0.3, -0.25) is 5.32 Å². The third-order valence-corrected chi connectivity index (χ3v) is 3.18. The maximum Gasteiger partial charge on any atom is 0.412 e. The van der Waals surface area contributed by atoms with E-state index in [1.165, 1.54) is 7.11 Å². The predicted molar refractivity (Wildman–Crippen MR) is 79.6 cm³/mol. The number of nitrogens with one attached hydrogen (secondary N) is 2. The summed E-state index contributed by atoms with van der Waals surface area (Å²) in [6, 6.07) is 5.15. The number of β-amino-alcohol motifs (C(OH)–C–C–N with tert-alkyl or cyclic N) is 1. The van der Waals surface area contributed by atoms with E-state index in [9.17, 15) is 9.90 Å². The van der Waals surface area contributed by atoms with Crippen LogP contribution >= 0.6 is 0 Å². The van der Waals surface area contributed by atoms with Crippen molar-refractivity contribution in [3.63, 3.8) is 0 Å². The highest BCUT2D eigenvalue weighted by molar-refractivity contribution is 5.85. The lowest BCUT2D eigenvalue weighted by Gasteiger charge is -2.38. The summed E-state index contributed by atoms with van der Waals surface area (Å²) in [6.07, 6.45) is -0.527. The van der Waals surface area contributed by atoms with E-state index in [0.717, 1.165) is 0 Å². The second-order valence-electron chi connectivity index (χ2n) is 6.18. The smallest absolute Gasteiger partial charge is 0.412 e. The molecule has 0 aromatic heterocycles. The molecule has 1 aromatic rings. The van der Waals surface area contributed by atoms with E-state index >= 15 is 0 Å². The Hall–Kier alpha value is -1.79. The van der Waals surface area contributed by atoms with Gasteiger partial charge in [0.25, 0.3) is 0 Å². The topological polar surface area (TPSA) is 79.8 Å². The average molecular weight is 294 g/mol. The van der Waals surface area contributed by atoms with Crippen molar-refractivity contribution >= 4 is 11.8 Å². The molecule has 1 saturated heterocycles. The van der Waals surface area contributed by atoms with Crippen molar-refractivity contribution in [3.05, 3.63) is 23.8 Å². The molecule has 2 rings (SSSR count). The fourth-order valence-electron chi connectivity index (χ4n) is 2.13. The van der Waals surface area contributed by atoms with Crippen molar-refractivity contribution in [2.45, 2.75) is 32.0 Å². The maximum atomic E-state index is 11.7. The zero-order valence-corrected chi connectivity index (χ0v) is 12.8. The molecular formula is C15H22N2O4. The van der Waals surface area contributed by atoms with E-state index in [0.29, 0.717) is 30.1 Å². The maximum absolute atomic E-state index is 11.7. The van der Waals surface area contributed by atoms with Crippen LogP contribution < -0.4 is 15.4 Å². The summed E-state index contributed by atoms with van der Waals surface area (Å²) in [5, 5.41) is 16.0. The number of hydrogen-bond acceptors (Lipinski definition) is 5. The molecule has 0 unspecified atom stereocenters. The van der Waals surface area contributed by atoms with Crippen LogP contribution in [-0.2, 0) is 10.3 Å². The molecule has 1 aliphatic heterocycles. The highest BCUT2D eigenvalue weighted by Crippen LogP contribution is 2.34. The average Bonchev–Trinajstić information content (AvgIpc) is 2.33. The summed E-state index contributed by atoms with van der Waals surface area (Å²) in [5.74, 6) is 0.535. The first-order valence-corrected chi connectivity index (χ1v) is 6.85. The minimum absolute atomic E-state index is 0.488. The molecule has 1 fully saturated rings. The van der Waals surface area contributed by atoms with Crippen LogP contribution in [0.15, 0.2) is 18.2 Å². The first-order valence-electron chi connectivity index (χ1n) is 6.85. The number of benzene rings is 1. The van der Waals surface area contributed by atoms with E-state index in [-0.39, 0.29) is 0 Å². The Bertz CT molecular complexity index is 533. The van der Waals surface area contributed by atoms with Crippen LogP contribution in [-0.4, -0.2) is 37.0 Å². The molecule has 1 aliphatic rings. The Morgan fingerprint density at radius 2 is 2.05 bits per heavy atom. The summed E-state index contributed by atoms with van der Waals surface area (Å²) in [7, 11) is 1.53. The molecule has 1 heterocycles. The van der Waals surface area contributed by atoms with Gasteiger partial charge in [-0.25, -0.2) is 4.79 Å². The molecular weight excluding hydrogens is 272 g/mol. The number of rotatable bonds is 3. The molecule has 0 radical (unpaired) electrons. The van der Waals surface area contributed by atoms with Crippen LogP contribution in [0.2, 0.25) is 0 Å². The monoisotopic (exact) mass is 294 g/mol. The highest BCUT2D eigenvalue weighted by atomic mass is 16.6. The van der Waals surface area contributed by atoms with Crippen LogP contribution in [0, 0.1) is 0 Å². The molecule has 116 valence electrons. The number of methoxy groups -OCH3 is 1. The van der Waals surface area contributed by atoms with Crippen molar-refractivity contribution < 1.29 is 19.4 Å². The number of amides is 1. The largest absolute Gasteiger partial charge is 0.496 e. The quantitative estimate of drug-likeness (QED) is 0.792. The zero-order valence-electron chi connectivity index (χ0n) is 12.8. The van der Waals surface area contributed by atoms with Gasteiger partial charge in [0.15, 0.2) is 0 Å². The van der Waals surface area contributed by atoms with Gasteiger partial charge in [0.05, 0.1) is 7.11 Å². The van der Waals surface area contributed by atoms with Crippen molar-refractivity contribution in [2.75, 3.05) is 25.5 Å².